The highest BCUT2D eigenvalue weighted by atomic mass is 16.5. The lowest BCUT2D eigenvalue weighted by Gasteiger charge is -2.63. The quantitative estimate of drug-likeness (QED) is 0.0597. The molecular weight excluding hydrogens is 697 g/mol. The Morgan fingerprint density at radius 2 is 1.47 bits per heavy atom. The molecule has 9 atom stereocenters. The Labute approximate surface area is 345 Å². The van der Waals surface area contributed by atoms with Gasteiger partial charge in [0.25, 0.3) is 0 Å². The number of benzene rings is 3. The molecule has 0 radical (unpaired) electrons. The van der Waals surface area contributed by atoms with Gasteiger partial charge in [-0.15, -0.1) is 0 Å². The standard InChI is InChI=1S/C53H72N2O2/c1-8-14-43(31-38(5)54)56-44-20-11-17-39(32-44)53(40-18-12-21-45(33-40)57-46-22-13-19-42(55)34-46)30-29-51(6)41(35-53)23-24-47-49-26-25-48(52(49,7)28-27-50(47)51)37(4)16-10-9-15-36(2)3/h11-15,17-22,31-34,37,41,47-50H,8-10,16,23-30,35,54-55H2,1-7H3/b38-31+,43-14+. The average Bonchev–Trinajstić information content (AvgIpc) is 3.53. The van der Waals surface area contributed by atoms with Gasteiger partial charge in [-0.25, -0.2) is 0 Å². The molecule has 0 aromatic heterocycles. The number of fused-ring (bicyclic) bond motifs is 5. The molecular formula is C53H72N2O2. The third kappa shape index (κ3) is 8.48. The van der Waals surface area contributed by atoms with Crippen molar-refractivity contribution < 1.29 is 9.47 Å². The minimum Gasteiger partial charge on any atom is -0.458 e. The van der Waals surface area contributed by atoms with Crippen LogP contribution in [0, 0.1) is 46.3 Å². The maximum absolute atomic E-state index is 6.57. The molecule has 0 aliphatic heterocycles. The predicted molar refractivity (Wildman–Crippen MR) is 239 cm³/mol. The van der Waals surface area contributed by atoms with Crippen molar-refractivity contribution in [2.24, 2.45) is 52.1 Å². The van der Waals surface area contributed by atoms with Gasteiger partial charge in [-0.2, -0.15) is 0 Å². The molecule has 4 nitrogen and oxygen atoms in total. The van der Waals surface area contributed by atoms with E-state index in [-0.39, 0.29) is 5.41 Å². The van der Waals surface area contributed by atoms with E-state index in [2.05, 4.69) is 102 Å². The van der Waals surface area contributed by atoms with Crippen molar-refractivity contribution in [3.8, 4) is 17.2 Å². The Bertz CT molecular complexity index is 1950. The maximum Gasteiger partial charge on any atom is 0.129 e. The lowest BCUT2D eigenvalue weighted by molar-refractivity contribution is -0.122. The van der Waals surface area contributed by atoms with Gasteiger partial charge in [0.1, 0.15) is 23.0 Å². The van der Waals surface area contributed by atoms with Crippen LogP contribution in [-0.2, 0) is 5.41 Å². The number of hydrogen-bond acceptors (Lipinski definition) is 4. The number of hydrogen-bond donors (Lipinski definition) is 2. The second kappa shape index (κ2) is 17.1. The van der Waals surface area contributed by atoms with Gasteiger partial charge in [-0.05, 0) is 204 Å². The second-order valence-corrected chi connectivity index (χ2v) is 19.6. The molecule has 4 fully saturated rings. The summed E-state index contributed by atoms with van der Waals surface area (Å²) in [7, 11) is 0. The summed E-state index contributed by atoms with van der Waals surface area (Å²) < 4.78 is 13.1. The number of ether oxygens (including phenoxy) is 2. The Morgan fingerprint density at radius 1 is 0.789 bits per heavy atom. The Kier molecular flexibility index (Phi) is 12.4. The second-order valence-electron chi connectivity index (χ2n) is 19.6. The van der Waals surface area contributed by atoms with Gasteiger partial charge in [-0.3, -0.25) is 0 Å². The molecule has 4 saturated carbocycles. The number of allylic oxidation sites excluding steroid dienone is 5. The summed E-state index contributed by atoms with van der Waals surface area (Å²) >= 11 is 0. The molecule has 57 heavy (non-hydrogen) atoms. The van der Waals surface area contributed by atoms with E-state index in [1.807, 2.05) is 37.3 Å². The SMILES string of the molecule is CC/C=C(\C=C(/C)N)Oc1cccc(C2(c3cccc(Oc4cccc(N)c4)c3)CCC3(C)C(CCC4C3CCC3(C)C(C(C)CCCC=C(C)C)CCC43)C2)c1. The molecule has 0 amide bonds. The van der Waals surface area contributed by atoms with Crippen LogP contribution in [0.2, 0.25) is 0 Å². The highest BCUT2D eigenvalue weighted by Crippen LogP contribution is 2.70. The normalized spacial score (nSPS) is 31.7. The van der Waals surface area contributed by atoms with Crippen LogP contribution in [0.25, 0.3) is 0 Å². The van der Waals surface area contributed by atoms with Gasteiger partial charge < -0.3 is 20.9 Å². The fourth-order valence-electron chi connectivity index (χ4n) is 13.1. The molecule has 4 aliphatic rings. The molecule has 306 valence electrons. The monoisotopic (exact) mass is 769 g/mol. The fraction of sp³-hybridized carbons (Fsp3) is 0.547. The van der Waals surface area contributed by atoms with Gasteiger partial charge in [-0.1, -0.05) is 76.1 Å². The number of unbranched alkanes of at least 4 members (excludes halogenated alkanes) is 1. The van der Waals surface area contributed by atoms with Crippen molar-refractivity contribution in [2.75, 3.05) is 5.73 Å². The topological polar surface area (TPSA) is 70.5 Å². The van der Waals surface area contributed by atoms with E-state index in [1.54, 1.807) is 0 Å². The van der Waals surface area contributed by atoms with Gasteiger partial charge in [0, 0.05) is 22.9 Å². The largest absolute Gasteiger partial charge is 0.458 e. The molecule has 9 unspecified atom stereocenters. The van der Waals surface area contributed by atoms with Gasteiger partial charge in [0.15, 0.2) is 0 Å². The van der Waals surface area contributed by atoms with E-state index in [9.17, 15) is 0 Å². The van der Waals surface area contributed by atoms with Crippen molar-refractivity contribution in [3.63, 3.8) is 0 Å². The van der Waals surface area contributed by atoms with E-state index >= 15 is 0 Å². The summed E-state index contributed by atoms with van der Waals surface area (Å²) in [5.74, 6) is 8.22. The Balaban J connectivity index is 1.18. The smallest absolute Gasteiger partial charge is 0.129 e. The molecule has 0 heterocycles. The third-order valence-corrected chi connectivity index (χ3v) is 15.8. The third-order valence-electron chi connectivity index (χ3n) is 15.8. The van der Waals surface area contributed by atoms with Crippen LogP contribution < -0.4 is 20.9 Å². The van der Waals surface area contributed by atoms with E-state index < -0.39 is 0 Å². The summed E-state index contributed by atoms with van der Waals surface area (Å²) in [5.41, 5.74) is 18.5. The van der Waals surface area contributed by atoms with E-state index in [0.29, 0.717) is 22.4 Å². The molecule has 3 aromatic rings. The van der Waals surface area contributed by atoms with Crippen molar-refractivity contribution in [2.45, 2.75) is 137 Å². The average molecular weight is 769 g/mol. The number of nitrogens with two attached hydrogens (primary N) is 2. The molecule has 0 spiro atoms. The van der Waals surface area contributed by atoms with Crippen LogP contribution in [0.1, 0.15) is 143 Å². The zero-order chi connectivity index (χ0) is 40.4. The number of rotatable bonds is 13. The molecule has 4 aliphatic carbocycles. The first-order valence-electron chi connectivity index (χ1n) is 22.5. The maximum atomic E-state index is 6.57. The van der Waals surface area contributed by atoms with Crippen molar-refractivity contribution >= 4 is 5.69 Å². The summed E-state index contributed by atoms with van der Waals surface area (Å²) in [5, 5.41) is 0. The number of nitrogen functional groups attached to an aromatic ring is 1. The van der Waals surface area contributed by atoms with Crippen LogP contribution in [0.4, 0.5) is 5.69 Å². The summed E-state index contributed by atoms with van der Waals surface area (Å²) in [4.78, 5) is 0. The van der Waals surface area contributed by atoms with Gasteiger partial charge in [0.2, 0.25) is 0 Å². The first-order chi connectivity index (χ1) is 27.3. The lowest BCUT2D eigenvalue weighted by Crippen LogP contribution is -2.55. The van der Waals surface area contributed by atoms with Gasteiger partial charge >= 0.3 is 0 Å². The lowest BCUT2D eigenvalue weighted by atomic mass is 9.42. The van der Waals surface area contributed by atoms with Gasteiger partial charge in [0.05, 0.1) is 0 Å². The number of anilines is 1. The van der Waals surface area contributed by atoms with Crippen LogP contribution in [0.5, 0.6) is 17.2 Å². The molecule has 0 bridgehead atoms. The molecule has 4 heteroatoms. The molecule has 0 saturated heterocycles. The predicted octanol–water partition coefficient (Wildman–Crippen LogP) is 14.3. The molecule has 3 aromatic carbocycles. The summed E-state index contributed by atoms with van der Waals surface area (Å²) in [6, 6.07) is 25.6. The van der Waals surface area contributed by atoms with Crippen LogP contribution in [-0.4, -0.2) is 0 Å². The Morgan fingerprint density at radius 3 is 2.18 bits per heavy atom. The first kappa shape index (κ1) is 41.2. The van der Waals surface area contributed by atoms with Crippen molar-refractivity contribution in [1.82, 2.24) is 0 Å². The highest BCUT2D eigenvalue weighted by Gasteiger charge is 2.62. The summed E-state index contributed by atoms with van der Waals surface area (Å²) in [6.07, 6.45) is 23.2. The highest BCUT2D eigenvalue weighted by molar-refractivity contribution is 5.49. The minimum atomic E-state index is -0.164. The van der Waals surface area contributed by atoms with Crippen LogP contribution in [0.3, 0.4) is 0 Å². The van der Waals surface area contributed by atoms with Crippen molar-refractivity contribution in [1.29, 1.82) is 0 Å². The zero-order valence-electron chi connectivity index (χ0n) is 36.3. The van der Waals surface area contributed by atoms with Crippen molar-refractivity contribution in [3.05, 3.63) is 119 Å². The summed E-state index contributed by atoms with van der Waals surface area (Å²) in [6.45, 7) is 16.6. The fourth-order valence-corrected chi connectivity index (χ4v) is 13.1. The molecule has 4 N–H and O–H groups in total. The Hall–Kier alpha value is -3.92. The zero-order valence-corrected chi connectivity index (χ0v) is 36.3. The molecule has 7 rings (SSSR count). The first-order valence-corrected chi connectivity index (χ1v) is 22.5. The van der Waals surface area contributed by atoms with Crippen LogP contribution in [0.15, 0.2) is 108 Å². The van der Waals surface area contributed by atoms with E-state index in [4.69, 9.17) is 20.9 Å². The van der Waals surface area contributed by atoms with Crippen LogP contribution >= 0.6 is 0 Å². The minimum absolute atomic E-state index is 0.164. The van der Waals surface area contributed by atoms with E-state index in [1.165, 1.54) is 80.9 Å². The van der Waals surface area contributed by atoms with E-state index in [0.717, 1.165) is 77.6 Å².